The zero-order valence-electron chi connectivity index (χ0n) is 11.6. The molecular formula is C16H13N3O3. The lowest BCUT2D eigenvalue weighted by Gasteiger charge is -1.97. The van der Waals surface area contributed by atoms with Crippen molar-refractivity contribution in [2.24, 2.45) is 0 Å². The van der Waals surface area contributed by atoms with E-state index in [4.69, 9.17) is 8.94 Å². The quantitative estimate of drug-likeness (QED) is 0.732. The Morgan fingerprint density at radius 2 is 2.18 bits per heavy atom. The van der Waals surface area contributed by atoms with Gasteiger partial charge in [0.05, 0.1) is 18.5 Å². The van der Waals surface area contributed by atoms with Crippen molar-refractivity contribution in [2.75, 3.05) is 0 Å². The second-order valence-corrected chi connectivity index (χ2v) is 4.47. The van der Waals surface area contributed by atoms with Gasteiger partial charge < -0.3 is 14.3 Å². The van der Waals surface area contributed by atoms with Crippen LogP contribution in [-0.4, -0.2) is 16.0 Å². The number of rotatable bonds is 5. The minimum atomic E-state index is -0.229. The fourth-order valence-electron chi connectivity index (χ4n) is 1.80. The minimum Gasteiger partial charge on any atom is -0.461 e. The molecule has 0 saturated heterocycles. The number of nitrogens with zero attached hydrogens (tertiary/aromatic N) is 2. The summed E-state index contributed by atoms with van der Waals surface area (Å²) >= 11 is 0. The van der Waals surface area contributed by atoms with Crippen molar-refractivity contribution in [1.29, 1.82) is 0 Å². The van der Waals surface area contributed by atoms with E-state index < -0.39 is 0 Å². The van der Waals surface area contributed by atoms with Crippen LogP contribution in [0.5, 0.6) is 0 Å². The standard InChI is InChI=1S/C16H13N3O3/c20-16(7-6-12-4-1-2-8-17-12)18-11-13-10-15(22-19-13)14-5-3-9-21-14/h1-10H,11H2,(H,18,20)/b7-6+. The summed E-state index contributed by atoms with van der Waals surface area (Å²) < 4.78 is 10.4. The average Bonchev–Trinajstić information content (AvgIpc) is 3.22. The van der Waals surface area contributed by atoms with Gasteiger partial charge in [0.25, 0.3) is 0 Å². The van der Waals surface area contributed by atoms with E-state index in [9.17, 15) is 4.79 Å². The maximum Gasteiger partial charge on any atom is 0.244 e. The van der Waals surface area contributed by atoms with Crippen molar-refractivity contribution in [2.45, 2.75) is 6.54 Å². The molecule has 3 aromatic rings. The number of aromatic nitrogens is 2. The molecule has 0 aliphatic carbocycles. The summed E-state index contributed by atoms with van der Waals surface area (Å²) in [4.78, 5) is 15.8. The predicted octanol–water partition coefficient (Wildman–Crippen LogP) is 2.66. The molecule has 22 heavy (non-hydrogen) atoms. The number of hydrogen-bond acceptors (Lipinski definition) is 5. The van der Waals surface area contributed by atoms with Crippen LogP contribution in [0, 0.1) is 0 Å². The molecule has 3 aromatic heterocycles. The topological polar surface area (TPSA) is 81.2 Å². The maximum atomic E-state index is 11.7. The van der Waals surface area contributed by atoms with Gasteiger partial charge in [-0.2, -0.15) is 0 Å². The highest BCUT2D eigenvalue weighted by Crippen LogP contribution is 2.20. The van der Waals surface area contributed by atoms with Gasteiger partial charge in [0, 0.05) is 18.3 Å². The highest BCUT2D eigenvalue weighted by molar-refractivity contribution is 5.91. The molecule has 0 fully saturated rings. The van der Waals surface area contributed by atoms with Gasteiger partial charge in [-0.15, -0.1) is 0 Å². The molecule has 1 N–H and O–H groups in total. The Balaban J connectivity index is 1.54. The third kappa shape index (κ3) is 3.49. The average molecular weight is 295 g/mol. The fraction of sp³-hybridized carbons (Fsp3) is 0.0625. The second-order valence-electron chi connectivity index (χ2n) is 4.47. The summed E-state index contributed by atoms with van der Waals surface area (Å²) in [5, 5.41) is 6.60. The smallest absolute Gasteiger partial charge is 0.244 e. The van der Waals surface area contributed by atoms with Gasteiger partial charge in [-0.25, -0.2) is 0 Å². The van der Waals surface area contributed by atoms with Crippen molar-refractivity contribution in [1.82, 2.24) is 15.5 Å². The van der Waals surface area contributed by atoms with E-state index in [0.717, 1.165) is 5.69 Å². The lowest BCUT2D eigenvalue weighted by molar-refractivity contribution is -0.116. The molecule has 3 rings (SSSR count). The van der Waals surface area contributed by atoms with E-state index in [1.165, 1.54) is 6.08 Å². The van der Waals surface area contributed by atoms with Crippen molar-refractivity contribution < 1.29 is 13.7 Å². The van der Waals surface area contributed by atoms with Gasteiger partial charge in [-0.3, -0.25) is 9.78 Å². The predicted molar refractivity (Wildman–Crippen MR) is 79.3 cm³/mol. The first-order valence-electron chi connectivity index (χ1n) is 6.68. The van der Waals surface area contributed by atoms with Crippen LogP contribution in [0.3, 0.4) is 0 Å². The lowest BCUT2D eigenvalue weighted by atomic mass is 10.3. The number of furan rings is 1. The van der Waals surface area contributed by atoms with Crippen molar-refractivity contribution in [3.63, 3.8) is 0 Å². The summed E-state index contributed by atoms with van der Waals surface area (Å²) in [6.45, 7) is 0.273. The van der Waals surface area contributed by atoms with Crippen LogP contribution in [0.1, 0.15) is 11.4 Å². The second kappa shape index (κ2) is 6.53. The molecule has 0 bridgehead atoms. The van der Waals surface area contributed by atoms with Crippen LogP contribution in [0.25, 0.3) is 17.6 Å². The first-order valence-corrected chi connectivity index (χ1v) is 6.68. The molecule has 0 unspecified atom stereocenters. The molecule has 6 nitrogen and oxygen atoms in total. The Kier molecular flexibility index (Phi) is 4.10. The third-order valence-corrected chi connectivity index (χ3v) is 2.86. The Labute approximate surface area is 126 Å². The molecule has 3 heterocycles. The largest absolute Gasteiger partial charge is 0.461 e. The Bertz CT molecular complexity index is 761. The Morgan fingerprint density at radius 3 is 2.95 bits per heavy atom. The molecule has 0 saturated carbocycles. The molecule has 6 heteroatoms. The summed E-state index contributed by atoms with van der Waals surface area (Å²) in [7, 11) is 0. The van der Waals surface area contributed by atoms with E-state index in [2.05, 4.69) is 15.5 Å². The monoisotopic (exact) mass is 295 g/mol. The molecule has 110 valence electrons. The Hall–Kier alpha value is -3.15. The minimum absolute atomic E-state index is 0.229. The van der Waals surface area contributed by atoms with E-state index in [1.807, 2.05) is 18.2 Å². The van der Waals surface area contributed by atoms with Gasteiger partial charge in [-0.1, -0.05) is 11.2 Å². The first-order chi connectivity index (χ1) is 10.8. The number of amides is 1. The highest BCUT2D eigenvalue weighted by Gasteiger charge is 2.09. The summed E-state index contributed by atoms with van der Waals surface area (Å²) in [5.41, 5.74) is 1.34. The Morgan fingerprint density at radius 1 is 1.23 bits per heavy atom. The molecular weight excluding hydrogens is 282 g/mol. The van der Waals surface area contributed by atoms with E-state index in [1.54, 1.807) is 36.7 Å². The van der Waals surface area contributed by atoms with Gasteiger partial charge in [0.2, 0.25) is 11.7 Å². The molecule has 0 aromatic carbocycles. The molecule has 0 atom stereocenters. The molecule has 0 spiro atoms. The molecule has 0 aliphatic rings. The van der Waals surface area contributed by atoms with Gasteiger partial charge in [0.1, 0.15) is 5.69 Å². The van der Waals surface area contributed by atoms with Gasteiger partial charge >= 0.3 is 0 Å². The van der Waals surface area contributed by atoms with Crippen molar-refractivity contribution in [3.8, 4) is 11.5 Å². The van der Waals surface area contributed by atoms with Crippen molar-refractivity contribution in [3.05, 3.63) is 66.3 Å². The first kappa shape index (κ1) is 13.8. The zero-order chi connectivity index (χ0) is 15.2. The normalized spacial score (nSPS) is 10.9. The van der Waals surface area contributed by atoms with Crippen LogP contribution in [0.4, 0.5) is 0 Å². The number of pyridine rings is 1. The maximum absolute atomic E-state index is 11.7. The number of carbonyl (C=O) groups is 1. The number of nitrogens with one attached hydrogen (secondary N) is 1. The van der Waals surface area contributed by atoms with Crippen LogP contribution in [0.2, 0.25) is 0 Å². The van der Waals surface area contributed by atoms with E-state index in [-0.39, 0.29) is 12.5 Å². The lowest BCUT2D eigenvalue weighted by Crippen LogP contribution is -2.20. The summed E-state index contributed by atoms with van der Waals surface area (Å²) in [6.07, 6.45) is 6.30. The molecule has 1 amide bonds. The van der Waals surface area contributed by atoms with Crippen LogP contribution < -0.4 is 5.32 Å². The van der Waals surface area contributed by atoms with Crippen molar-refractivity contribution >= 4 is 12.0 Å². The van der Waals surface area contributed by atoms with Crippen LogP contribution in [-0.2, 0) is 11.3 Å². The SMILES string of the molecule is O=C(/C=C/c1ccccn1)NCc1cc(-c2ccco2)on1. The van der Waals surface area contributed by atoms with E-state index >= 15 is 0 Å². The number of carbonyl (C=O) groups excluding carboxylic acids is 1. The summed E-state index contributed by atoms with van der Waals surface area (Å²) in [5.74, 6) is 0.895. The number of hydrogen-bond donors (Lipinski definition) is 1. The molecule has 0 aliphatic heterocycles. The van der Waals surface area contributed by atoms with E-state index in [0.29, 0.717) is 17.2 Å². The highest BCUT2D eigenvalue weighted by atomic mass is 16.5. The van der Waals surface area contributed by atoms with Gasteiger partial charge in [-0.05, 0) is 30.3 Å². The van der Waals surface area contributed by atoms with Crippen LogP contribution in [0.15, 0.2) is 63.9 Å². The van der Waals surface area contributed by atoms with Gasteiger partial charge in [0.15, 0.2) is 5.76 Å². The van der Waals surface area contributed by atoms with Crippen LogP contribution >= 0.6 is 0 Å². The fourth-order valence-corrected chi connectivity index (χ4v) is 1.80. The molecule has 0 radical (unpaired) electrons. The third-order valence-electron chi connectivity index (χ3n) is 2.86. The summed E-state index contributed by atoms with van der Waals surface area (Å²) in [6, 6.07) is 10.8. The zero-order valence-corrected chi connectivity index (χ0v) is 11.6.